The molecule has 31 heavy (non-hydrogen) atoms. The van der Waals surface area contributed by atoms with E-state index in [0.717, 1.165) is 11.1 Å². The minimum absolute atomic E-state index is 0.0176. The van der Waals surface area contributed by atoms with Crippen molar-refractivity contribution < 1.29 is 27.7 Å². The number of benzene rings is 2. The molecule has 2 N–H and O–H groups in total. The fraction of sp³-hybridized carbons (Fsp3) is 0.409. The first kappa shape index (κ1) is 24.0. The number of halogens is 2. The maximum absolute atomic E-state index is 12.6. The summed E-state index contributed by atoms with van der Waals surface area (Å²) in [5.74, 6) is 2.24. The van der Waals surface area contributed by atoms with Gasteiger partial charge in [-0.3, -0.25) is 0 Å². The topological polar surface area (TPSA) is 73.3 Å². The Morgan fingerprint density at radius 3 is 2.10 bits per heavy atom. The maximum Gasteiger partial charge on any atom is 0.387 e. The van der Waals surface area contributed by atoms with Crippen LogP contribution in [-0.4, -0.2) is 47.0 Å². The average molecular weight is 437 g/mol. The van der Waals surface area contributed by atoms with Crippen molar-refractivity contribution in [3.63, 3.8) is 0 Å². The summed E-state index contributed by atoms with van der Waals surface area (Å²) in [4.78, 5) is 4.58. The minimum atomic E-state index is -2.91. The van der Waals surface area contributed by atoms with Crippen LogP contribution in [0.3, 0.4) is 0 Å². The van der Waals surface area contributed by atoms with Crippen molar-refractivity contribution in [3.8, 4) is 23.0 Å². The molecule has 0 aliphatic rings. The molecule has 2 aromatic rings. The Morgan fingerprint density at radius 1 is 0.871 bits per heavy atom. The van der Waals surface area contributed by atoms with Gasteiger partial charge in [-0.25, -0.2) is 4.99 Å². The van der Waals surface area contributed by atoms with E-state index >= 15 is 0 Å². The summed E-state index contributed by atoms with van der Waals surface area (Å²) in [6, 6.07) is 10.6. The Kier molecular flexibility index (Phi) is 9.67. The van der Waals surface area contributed by atoms with E-state index < -0.39 is 6.61 Å². The number of nitrogens with one attached hydrogen (secondary N) is 2. The number of alkyl halides is 2. The molecule has 0 aliphatic carbocycles. The Morgan fingerprint density at radius 2 is 1.48 bits per heavy atom. The van der Waals surface area contributed by atoms with Crippen LogP contribution < -0.4 is 29.6 Å². The first-order chi connectivity index (χ1) is 15.0. The van der Waals surface area contributed by atoms with E-state index in [1.54, 1.807) is 26.4 Å². The Labute approximate surface area is 181 Å². The minimum Gasteiger partial charge on any atom is -0.493 e. The highest BCUT2D eigenvalue weighted by atomic mass is 19.3. The Balaban J connectivity index is 1.99. The standard InChI is InChI=1S/C22H29F2N3O4/c1-5-25-22(27-14-16-7-9-17(28-2)19(13-16)30-4)26-11-10-15-6-8-18(29-3)20(12-15)31-21(23)24/h6-9,12-13,21H,5,10-11,14H2,1-4H3,(H2,25,26,27). The quantitative estimate of drug-likeness (QED) is 0.413. The molecule has 0 unspecified atom stereocenters. The second kappa shape index (κ2) is 12.5. The van der Waals surface area contributed by atoms with E-state index in [0.29, 0.717) is 43.5 Å². The molecule has 0 amide bonds. The highest BCUT2D eigenvalue weighted by Gasteiger charge is 2.11. The summed E-state index contributed by atoms with van der Waals surface area (Å²) >= 11 is 0. The van der Waals surface area contributed by atoms with Crippen molar-refractivity contribution in [1.82, 2.24) is 10.6 Å². The highest BCUT2D eigenvalue weighted by molar-refractivity contribution is 5.79. The lowest BCUT2D eigenvalue weighted by Gasteiger charge is -2.14. The van der Waals surface area contributed by atoms with E-state index in [4.69, 9.17) is 14.2 Å². The number of guanidine groups is 1. The van der Waals surface area contributed by atoms with Crippen LogP contribution in [0.5, 0.6) is 23.0 Å². The van der Waals surface area contributed by atoms with Crippen LogP contribution in [0.2, 0.25) is 0 Å². The molecule has 0 radical (unpaired) electrons. The molecule has 0 aliphatic heterocycles. The maximum atomic E-state index is 12.6. The molecule has 170 valence electrons. The summed E-state index contributed by atoms with van der Waals surface area (Å²) in [5.41, 5.74) is 1.80. The van der Waals surface area contributed by atoms with Crippen LogP contribution in [0.15, 0.2) is 41.4 Å². The number of nitrogens with zero attached hydrogens (tertiary/aromatic N) is 1. The SMILES string of the molecule is CCNC(=NCc1ccc(OC)c(OC)c1)NCCc1ccc(OC)c(OC(F)F)c1. The predicted octanol–water partition coefficient (Wildman–Crippen LogP) is 3.61. The van der Waals surface area contributed by atoms with E-state index in [1.165, 1.54) is 7.11 Å². The fourth-order valence-electron chi connectivity index (χ4n) is 2.88. The van der Waals surface area contributed by atoms with E-state index in [-0.39, 0.29) is 11.5 Å². The molecule has 0 saturated carbocycles. The van der Waals surface area contributed by atoms with Crippen molar-refractivity contribution in [2.24, 2.45) is 4.99 Å². The van der Waals surface area contributed by atoms with Crippen molar-refractivity contribution >= 4 is 5.96 Å². The van der Waals surface area contributed by atoms with Crippen LogP contribution in [0.25, 0.3) is 0 Å². The van der Waals surface area contributed by atoms with Gasteiger partial charge in [-0.2, -0.15) is 8.78 Å². The van der Waals surface area contributed by atoms with Crippen molar-refractivity contribution in [3.05, 3.63) is 47.5 Å². The molecule has 0 atom stereocenters. The normalized spacial score (nSPS) is 11.3. The summed E-state index contributed by atoms with van der Waals surface area (Å²) in [6.45, 7) is 0.770. The van der Waals surface area contributed by atoms with E-state index in [1.807, 2.05) is 31.2 Å². The van der Waals surface area contributed by atoms with E-state index in [2.05, 4.69) is 20.4 Å². The largest absolute Gasteiger partial charge is 0.493 e. The van der Waals surface area contributed by atoms with Gasteiger partial charge in [0, 0.05) is 13.1 Å². The van der Waals surface area contributed by atoms with Gasteiger partial charge in [-0.15, -0.1) is 0 Å². The van der Waals surface area contributed by atoms with Gasteiger partial charge in [0.2, 0.25) is 0 Å². The second-order valence-electron chi connectivity index (χ2n) is 6.42. The van der Waals surface area contributed by atoms with Crippen LogP contribution in [-0.2, 0) is 13.0 Å². The number of methoxy groups -OCH3 is 3. The lowest BCUT2D eigenvalue weighted by molar-refractivity contribution is -0.0512. The molecule has 0 aromatic heterocycles. The van der Waals surface area contributed by atoms with Crippen LogP contribution >= 0.6 is 0 Å². The van der Waals surface area contributed by atoms with Crippen LogP contribution in [0, 0.1) is 0 Å². The summed E-state index contributed by atoms with van der Waals surface area (Å²) in [7, 11) is 4.59. The van der Waals surface area contributed by atoms with Gasteiger partial charge in [0.25, 0.3) is 0 Å². The van der Waals surface area contributed by atoms with Gasteiger partial charge in [-0.1, -0.05) is 12.1 Å². The average Bonchev–Trinajstić information content (AvgIpc) is 2.77. The summed E-state index contributed by atoms with van der Waals surface area (Å²) < 4.78 is 45.4. The Bertz CT molecular complexity index is 863. The molecule has 0 spiro atoms. The van der Waals surface area contributed by atoms with Crippen LogP contribution in [0.1, 0.15) is 18.1 Å². The predicted molar refractivity (Wildman–Crippen MR) is 116 cm³/mol. The monoisotopic (exact) mass is 437 g/mol. The van der Waals surface area contributed by atoms with E-state index in [9.17, 15) is 8.78 Å². The number of hydrogen-bond donors (Lipinski definition) is 2. The van der Waals surface area contributed by atoms with Crippen LogP contribution in [0.4, 0.5) is 8.78 Å². The number of rotatable bonds is 11. The lowest BCUT2D eigenvalue weighted by Crippen LogP contribution is -2.38. The molecule has 2 rings (SSSR count). The zero-order chi connectivity index (χ0) is 22.6. The van der Waals surface area contributed by atoms with Gasteiger partial charge in [0.15, 0.2) is 29.0 Å². The molecule has 0 bridgehead atoms. The molecule has 7 nitrogen and oxygen atoms in total. The smallest absolute Gasteiger partial charge is 0.387 e. The second-order valence-corrected chi connectivity index (χ2v) is 6.42. The molecule has 2 aromatic carbocycles. The first-order valence-corrected chi connectivity index (χ1v) is 9.85. The zero-order valence-electron chi connectivity index (χ0n) is 18.2. The molecular weight excluding hydrogens is 408 g/mol. The summed E-state index contributed by atoms with van der Waals surface area (Å²) in [5, 5.41) is 6.43. The molecule has 0 fully saturated rings. The van der Waals surface area contributed by atoms with Crippen molar-refractivity contribution in [2.75, 3.05) is 34.4 Å². The summed E-state index contributed by atoms with van der Waals surface area (Å²) in [6.07, 6.45) is 0.588. The van der Waals surface area contributed by atoms with Gasteiger partial charge >= 0.3 is 6.61 Å². The van der Waals surface area contributed by atoms with Crippen molar-refractivity contribution in [1.29, 1.82) is 0 Å². The number of hydrogen-bond acceptors (Lipinski definition) is 5. The molecule has 0 heterocycles. The molecule has 0 saturated heterocycles. The van der Waals surface area contributed by atoms with Gasteiger partial charge in [0.05, 0.1) is 27.9 Å². The lowest BCUT2D eigenvalue weighted by atomic mass is 10.1. The molecular formula is C22H29F2N3O4. The van der Waals surface area contributed by atoms with Gasteiger partial charge in [0.1, 0.15) is 0 Å². The van der Waals surface area contributed by atoms with Gasteiger partial charge < -0.3 is 29.6 Å². The third kappa shape index (κ3) is 7.51. The zero-order valence-corrected chi connectivity index (χ0v) is 18.2. The number of ether oxygens (including phenoxy) is 4. The van der Waals surface area contributed by atoms with Crippen molar-refractivity contribution in [2.45, 2.75) is 26.5 Å². The Hall–Kier alpha value is -3.23. The highest BCUT2D eigenvalue weighted by Crippen LogP contribution is 2.30. The third-order valence-corrected chi connectivity index (χ3v) is 4.36. The fourth-order valence-corrected chi connectivity index (χ4v) is 2.88. The van der Waals surface area contributed by atoms with Gasteiger partial charge in [-0.05, 0) is 48.7 Å². The third-order valence-electron chi connectivity index (χ3n) is 4.36. The number of aliphatic imine (C=N–C) groups is 1. The molecule has 9 heteroatoms. The first-order valence-electron chi connectivity index (χ1n) is 9.85.